The zero-order valence-corrected chi connectivity index (χ0v) is 19.9. The maximum absolute atomic E-state index is 5.61. The summed E-state index contributed by atoms with van der Waals surface area (Å²) in [6, 6.07) is 8.40. The Labute approximate surface area is 164 Å². The van der Waals surface area contributed by atoms with Crippen molar-refractivity contribution in [1.82, 2.24) is 4.90 Å². The van der Waals surface area contributed by atoms with Crippen LogP contribution in [-0.4, -0.2) is 57.5 Å². The van der Waals surface area contributed by atoms with Gasteiger partial charge in [0.25, 0.3) is 0 Å². The molecule has 0 radical (unpaired) electrons. The van der Waals surface area contributed by atoms with Crippen molar-refractivity contribution in [2.75, 3.05) is 26.8 Å². The van der Waals surface area contributed by atoms with Crippen molar-refractivity contribution >= 4 is 25.8 Å². The van der Waals surface area contributed by atoms with E-state index in [9.17, 15) is 0 Å². The fourth-order valence-corrected chi connectivity index (χ4v) is 3.00. The standard InChI is InChI=1S/C20H32NO2.Tl/c1-4-6-7-8-9-14-21(15-17-23-16-5-2)18-19-10-12-20(22-3)13-11-19;/h5,10-13,16H,2,4,6-9,14-15,17-18H2,1,3H3;/b16-5-;. The summed E-state index contributed by atoms with van der Waals surface area (Å²) >= 11 is 1.02. The van der Waals surface area contributed by atoms with Crippen LogP contribution in [0.2, 0.25) is 3.98 Å². The summed E-state index contributed by atoms with van der Waals surface area (Å²) in [6.07, 6.45) is 10.6. The average molecular weight is 523 g/mol. The van der Waals surface area contributed by atoms with E-state index in [0.717, 1.165) is 57.8 Å². The molecule has 0 aliphatic carbocycles. The fraction of sp³-hybridized carbons (Fsp3) is 0.600. The Hall–Kier alpha value is -0.558. The first-order valence-electron chi connectivity index (χ1n) is 9.12. The second-order valence-electron chi connectivity index (χ2n) is 6.02. The van der Waals surface area contributed by atoms with E-state index in [0.29, 0.717) is 0 Å². The number of ether oxygens (including phenoxy) is 2. The Balaban J connectivity index is 2.43. The van der Waals surface area contributed by atoms with E-state index >= 15 is 0 Å². The monoisotopic (exact) mass is 523 g/mol. The van der Waals surface area contributed by atoms with Crippen LogP contribution < -0.4 is 4.74 Å². The van der Waals surface area contributed by atoms with E-state index in [2.05, 4.69) is 30.0 Å². The van der Waals surface area contributed by atoms with E-state index in [1.165, 1.54) is 41.6 Å². The van der Waals surface area contributed by atoms with Gasteiger partial charge in [0.05, 0.1) is 7.11 Å². The topological polar surface area (TPSA) is 21.7 Å². The molecule has 24 heavy (non-hydrogen) atoms. The van der Waals surface area contributed by atoms with E-state index in [1.807, 2.05) is 18.4 Å². The van der Waals surface area contributed by atoms with Crippen LogP contribution in [0.1, 0.15) is 44.6 Å². The Morgan fingerprint density at radius 3 is 2.46 bits per heavy atom. The van der Waals surface area contributed by atoms with Crippen LogP contribution in [-0.2, 0) is 11.3 Å². The SMILES string of the molecule is CCCCCCCN(CCO/C=C\[CH2][Tl])Cc1ccc(OC)cc1. The molecule has 0 heterocycles. The Morgan fingerprint density at radius 2 is 1.79 bits per heavy atom. The second-order valence-corrected chi connectivity index (χ2v) is 7.85. The number of benzene rings is 1. The molecule has 0 N–H and O–H groups in total. The molecule has 3 nitrogen and oxygen atoms in total. The zero-order chi connectivity index (χ0) is 17.5. The quantitative estimate of drug-likeness (QED) is 0.203. The number of allylic oxidation sites excluding steroid dienone is 1. The fourth-order valence-electron chi connectivity index (χ4n) is 2.57. The molecule has 1 aromatic carbocycles. The van der Waals surface area contributed by atoms with Gasteiger partial charge in [0.1, 0.15) is 0 Å². The molecule has 0 amide bonds. The molecule has 0 aliphatic heterocycles. The molecule has 0 saturated carbocycles. The number of rotatable bonds is 14. The number of hydrogen-bond acceptors (Lipinski definition) is 3. The third kappa shape index (κ3) is 10.3. The molecule has 0 atom stereocenters. The molecule has 0 spiro atoms. The first-order valence-corrected chi connectivity index (χ1v) is 12.3. The van der Waals surface area contributed by atoms with Crippen LogP contribution in [0.4, 0.5) is 0 Å². The van der Waals surface area contributed by atoms with E-state index < -0.39 is 0 Å². The Morgan fingerprint density at radius 1 is 1.04 bits per heavy atom. The van der Waals surface area contributed by atoms with E-state index in [1.54, 1.807) is 7.11 Å². The van der Waals surface area contributed by atoms with Crippen molar-refractivity contribution in [3.05, 3.63) is 42.2 Å². The third-order valence-corrected chi connectivity index (χ3v) is 5.06. The van der Waals surface area contributed by atoms with E-state index in [4.69, 9.17) is 9.47 Å². The van der Waals surface area contributed by atoms with Crippen LogP contribution >= 0.6 is 0 Å². The summed E-state index contributed by atoms with van der Waals surface area (Å²) in [5.41, 5.74) is 1.33. The van der Waals surface area contributed by atoms with Gasteiger partial charge in [0.15, 0.2) is 0 Å². The summed E-state index contributed by atoms with van der Waals surface area (Å²) in [7, 11) is 1.71. The van der Waals surface area contributed by atoms with Crippen molar-refractivity contribution < 1.29 is 9.47 Å². The predicted molar refractivity (Wildman–Crippen MR) is 103 cm³/mol. The van der Waals surface area contributed by atoms with Gasteiger partial charge in [-0.15, -0.1) is 0 Å². The van der Waals surface area contributed by atoms with Crippen LogP contribution in [0, 0.1) is 0 Å². The molecule has 0 fully saturated rings. The summed E-state index contributed by atoms with van der Waals surface area (Å²) < 4.78 is 12.0. The molecule has 0 bridgehead atoms. The number of nitrogens with zero attached hydrogens (tertiary/aromatic N) is 1. The van der Waals surface area contributed by atoms with Crippen LogP contribution in [0.25, 0.3) is 0 Å². The molecule has 0 aromatic heterocycles. The molecule has 132 valence electrons. The number of methoxy groups -OCH3 is 1. The number of unbranched alkanes of at least 4 members (excludes halogenated alkanes) is 4. The molecule has 1 rings (SSSR count). The first kappa shape index (κ1) is 21.5. The van der Waals surface area contributed by atoms with Crippen molar-refractivity contribution in [1.29, 1.82) is 0 Å². The van der Waals surface area contributed by atoms with Gasteiger partial charge < -0.3 is 4.74 Å². The van der Waals surface area contributed by atoms with Crippen molar-refractivity contribution in [2.45, 2.75) is 49.6 Å². The van der Waals surface area contributed by atoms with Crippen molar-refractivity contribution in [3.63, 3.8) is 0 Å². The molecular formula is C20H32NO2Tl. The average Bonchev–Trinajstić information content (AvgIpc) is 2.61. The van der Waals surface area contributed by atoms with Gasteiger partial charge in [-0.05, 0) is 0 Å². The third-order valence-electron chi connectivity index (χ3n) is 4.00. The van der Waals surface area contributed by atoms with Gasteiger partial charge in [-0.3, -0.25) is 0 Å². The van der Waals surface area contributed by atoms with E-state index in [-0.39, 0.29) is 0 Å². The number of hydrogen-bond donors (Lipinski definition) is 0. The molecular weight excluding hydrogens is 491 g/mol. The van der Waals surface area contributed by atoms with Gasteiger partial charge in [-0.1, -0.05) is 13.3 Å². The Kier molecular flexibility index (Phi) is 13.2. The summed E-state index contributed by atoms with van der Waals surface area (Å²) in [5, 5.41) is 0. The van der Waals surface area contributed by atoms with Gasteiger partial charge in [0, 0.05) is 0 Å². The molecule has 0 aliphatic rings. The minimum absolute atomic E-state index is 0.770. The van der Waals surface area contributed by atoms with Gasteiger partial charge in [-0.25, -0.2) is 0 Å². The van der Waals surface area contributed by atoms with Crippen LogP contribution in [0.5, 0.6) is 5.75 Å². The van der Waals surface area contributed by atoms with Crippen LogP contribution in [0.15, 0.2) is 36.6 Å². The second kappa shape index (κ2) is 14.8. The van der Waals surface area contributed by atoms with Crippen molar-refractivity contribution in [3.8, 4) is 5.75 Å². The summed E-state index contributed by atoms with van der Waals surface area (Å²) in [6.45, 7) is 6.14. The molecule has 0 unspecified atom stereocenters. The molecule has 0 saturated heterocycles. The zero-order valence-electron chi connectivity index (χ0n) is 15.4. The predicted octanol–water partition coefficient (Wildman–Crippen LogP) is 4.58. The van der Waals surface area contributed by atoms with Crippen LogP contribution in [0.3, 0.4) is 0 Å². The minimum atomic E-state index is 0.770. The first-order chi connectivity index (χ1) is 11.8. The normalized spacial score (nSPS) is 11.2. The molecule has 4 heteroatoms. The summed E-state index contributed by atoms with van der Waals surface area (Å²) in [4.78, 5) is 2.50. The maximum atomic E-state index is 5.61. The Bertz CT molecular complexity index is 434. The molecule has 1 aromatic rings. The van der Waals surface area contributed by atoms with Gasteiger partial charge in [0.2, 0.25) is 0 Å². The van der Waals surface area contributed by atoms with Gasteiger partial charge >= 0.3 is 139 Å². The summed E-state index contributed by atoms with van der Waals surface area (Å²) in [5.74, 6) is 0.919. The van der Waals surface area contributed by atoms with Crippen molar-refractivity contribution in [2.24, 2.45) is 0 Å². The van der Waals surface area contributed by atoms with Gasteiger partial charge in [-0.2, -0.15) is 0 Å².